The highest BCUT2D eigenvalue weighted by Crippen LogP contribution is 2.32. The lowest BCUT2D eigenvalue weighted by atomic mass is 9.90. The Kier molecular flexibility index (Phi) is 4.21. The molecule has 1 heterocycles. The van der Waals surface area contributed by atoms with Crippen molar-refractivity contribution in [3.63, 3.8) is 0 Å². The average Bonchev–Trinajstić information content (AvgIpc) is 2.90. The van der Waals surface area contributed by atoms with Gasteiger partial charge in [0.05, 0.1) is 18.4 Å². The molecule has 0 spiro atoms. The van der Waals surface area contributed by atoms with Crippen LogP contribution in [0.3, 0.4) is 0 Å². The van der Waals surface area contributed by atoms with Crippen LogP contribution in [0.4, 0.5) is 0 Å². The van der Waals surface area contributed by atoms with Crippen LogP contribution in [0.1, 0.15) is 31.7 Å². The molecule has 1 fully saturated rings. The minimum atomic E-state index is -0.838. The maximum Gasteiger partial charge on any atom is 0.311 e. The second-order valence-corrected chi connectivity index (χ2v) is 5.87. The van der Waals surface area contributed by atoms with Crippen molar-refractivity contribution < 1.29 is 19.4 Å². The lowest BCUT2D eigenvalue weighted by Gasteiger charge is -2.23. The molecule has 1 aliphatic heterocycles. The third-order valence-corrected chi connectivity index (χ3v) is 4.29. The summed E-state index contributed by atoms with van der Waals surface area (Å²) >= 11 is 0. The molecule has 0 aromatic heterocycles. The maximum atomic E-state index is 12.5. The molecule has 5 heteroatoms. The summed E-state index contributed by atoms with van der Waals surface area (Å²) in [6, 6.07) is 7.39. The van der Waals surface area contributed by atoms with Gasteiger partial charge < -0.3 is 14.7 Å². The third-order valence-electron chi connectivity index (χ3n) is 4.29. The number of methoxy groups -OCH3 is 1. The van der Waals surface area contributed by atoms with Crippen molar-refractivity contribution >= 4 is 11.9 Å². The third kappa shape index (κ3) is 3.01. The number of amides is 1. The lowest BCUT2D eigenvalue weighted by Crippen LogP contribution is -2.36. The van der Waals surface area contributed by atoms with Crippen LogP contribution in [0.25, 0.3) is 0 Å². The van der Waals surface area contributed by atoms with Gasteiger partial charge in [-0.1, -0.05) is 12.1 Å². The number of likely N-dealkylation sites (tertiary alicyclic amines) is 1. The molecule has 1 aromatic carbocycles. The van der Waals surface area contributed by atoms with Gasteiger partial charge in [-0.25, -0.2) is 0 Å². The first-order chi connectivity index (χ1) is 9.87. The molecule has 0 unspecified atom stereocenters. The number of benzene rings is 1. The maximum absolute atomic E-state index is 12.5. The zero-order valence-corrected chi connectivity index (χ0v) is 12.6. The van der Waals surface area contributed by atoms with Crippen molar-refractivity contribution in [2.45, 2.75) is 26.2 Å². The van der Waals surface area contributed by atoms with E-state index in [0.717, 1.165) is 11.3 Å². The predicted octanol–water partition coefficient (Wildman–Crippen LogP) is 2.12. The Labute approximate surface area is 124 Å². The van der Waals surface area contributed by atoms with Gasteiger partial charge in [-0.15, -0.1) is 0 Å². The van der Waals surface area contributed by atoms with Crippen LogP contribution in [0, 0.1) is 5.41 Å². The highest BCUT2D eigenvalue weighted by Gasteiger charge is 2.42. The zero-order chi connectivity index (χ0) is 15.6. The molecular formula is C16H21NO4. The van der Waals surface area contributed by atoms with Gasteiger partial charge in [0.1, 0.15) is 5.75 Å². The normalized spacial score (nSPS) is 22.9. The summed E-state index contributed by atoms with van der Waals surface area (Å²) in [7, 11) is 1.60. The van der Waals surface area contributed by atoms with E-state index in [1.54, 1.807) is 18.9 Å². The minimum absolute atomic E-state index is 0.0230. The Bertz CT molecular complexity index is 540. The molecule has 0 saturated carbocycles. The van der Waals surface area contributed by atoms with E-state index in [1.165, 1.54) is 0 Å². The largest absolute Gasteiger partial charge is 0.497 e. The van der Waals surface area contributed by atoms with Crippen molar-refractivity contribution in [1.82, 2.24) is 4.90 Å². The van der Waals surface area contributed by atoms with Gasteiger partial charge in [-0.3, -0.25) is 9.59 Å². The Morgan fingerprint density at radius 3 is 2.43 bits per heavy atom. The first-order valence-corrected chi connectivity index (χ1v) is 7.03. The van der Waals surface area contributed by atoms with E-state index < -0.39 is 11.4 Å². The van der Waals surface area contributed by atoms with Crippen molar-refractivity contribution in [2.75, 3.05) is 20.2 Å². The number of carbonyl (C=O) groups excluding carboxylic acids is 1. The number of ether oxygens (including phenoxy) is 1. The molecule has 0 bridgehead atoms. The molecule has 114 valence electrons. The van der Waals surface area contributed by atoms with Gasteiger partial charge in [0.15, 0.2) is 0 Å². The van der Waals surface area contributed by atoms with E-state index in [2.05, 4.69) is 0 Å². The number of rotatable bonds is 4. The standard InChI is InChI=1S/C16H21NO4/c1-11(12-4-6-13(21-3)7-5-12)14(18)17-9-8-16(2,10-17)15(19)20/h4-7,11H,8-10H2,1-3H3,(H,19,20)/t11-,16-/m0/s1. The molecule has 5 nitrogen and oxygen atoms in total. The summed E-state index contributed by atoms with van der Waals surface area (Å²) in [5.74, 6) is -0.398. The van der Waals surface area contributed by atoms with E-state index in [0.29, 0.717) is 13.0 Å². The van der Waals surface area contributed by atoms with Crippen molar-refractivity contribution in [3.8, 4) is 5.75 Å². The molecule has 1 aliphatic rings. The van der Waals surface area contributed by atoms with Gasteiger partial charge in [0, 0.05) is 13.1 Å². The zero-order valence-electron chi connectivity index (χ0n) is 12.6. The van der Waals surface area contributed by atoms with Crippen molar-refractivity contribution in [1.29, 1.82) is 0 Å². The molecule has 1 aromatic rings. The van der Waals surface area contributed by atoms with Gasteiger partial charge >= 0.3 is 5.97 Å². The smallest absolute Gasteiger partial charge is 0.311 e. The lowest BCUT2D eigenvalue weighted by molar-refractivity contribution is -0.147. The average molecular weight is 291 g/mol. The summed E-state index contributed by atoms with van der Waals surface area (Å²) in [4.78, 5) is 25.4. The van der Waals surface area contributed by atoms with Crippen LogP contribution < -0.4 is 4.74 Å². The fraction of sp³-hybridized carbons (Fsp3) is 0.500. The Morgan fingerprint density at radius 1 is 1.33 bits per heavy atom. The van der Waals surface area contributed by atoms with E-state index in [9.17, 15) is 14.7 Å². The first-order valence-electron chi connectivity index (χ1n) is 7.03. The minimum Gasteiger partial charge on any atom is -0.497 e. The van der Waals surface area contributed by atoms with Crippen LogP contribution in [0.15, 0.2) is 24.3 Å². The summed E-state index contributed by atoms with van der Waals surface area (Å²) in [6.07, 6.45) is 0.503. The molecule has 0 aliphatic carbocycles. The van der Waals surface area contributed by atoms with Crippen molar-refractivity contribution in [2.24, 2.45) is 5.41 Å². The van der Waals surface area contributed by atoms with Crippen LogP contribution in [-0.2, 0) is 9.59 Å². The van der Waals surface area contributed by atoms with Crippen LogP contribution >= 0.6 is 0 Å². The van der Waals surface area contributed by atoms with E-state index >= 15 is 0 Å². The topological polar surface area (TPSA) is 66.8 Å². The van der Waals surface area contributed by atoms with E-state index in [-0.39, 0.29) is 18.4 Å². The number of carboxylic acids is 1. The molecular weight excluding hydrogens is 270 g/mol. The van der Waals surface area contributed by atoms with Gasteiger partial charge in [0.2, 0.25) is 5.91 Å². The Morgan fingerprint density at radius 2 is 1.95 bits per heavy atom. The quantitative estimate of drug-likeness (QED) is 0.922. The van der Waals surface area contributed by atoms with Crippen LogP contribution in [0.2, 0.25) is 0 Å². The monoisotopic (exact) mass is 291 g/mol. The second kappa shape index (κ2) is 5.76. The number of aliphatic carboxylic acids is 1. The number of carboxylic acid groups (broad SMARTS) is 1. The SMILES string of the molecule is COc1ccc([C@H](C)C(=O)N2CC[C@](C)(C(=O)O)C2)cc1. The highest BCUT2D eigenvalue weighted by atomic mass is 16.5. The van der Waals surface area contributed by atoms with Crippen LogP contribution in [0.5, 0.6) is 5.75 Å². The van der Waals surface area contributed by atoms with Gasteiger partial charge in [0.25, 0.3) is 0 Å². The molecule has 1 amide bonds. The molecule has 1 N–H and O–H groups in total. The second-order valence-electron chi connectivity index (χ2n) is 5.87. The van der Waals surface area contributed by atoms with Gasteiger partial charge in [-0.2, -0.15) is 0 Å². The number of carbonyl (C=O) groups is 2. The van der Waals surface area contributed by atoms with E-state index in [4.69, 9.17) is 4.74 Å². The molecule has 2 rings (SSSR count). The number of hydrogen-bond donors (Lipinski definition) is 1. The molecule has 2 atom stereocenters. The summed E-state index contributed by atoms with van der Waals surface area (Å²) < 4.78 is 5.10. The molecule has 21 heavy (non-hydrogen) atoms. The van der Waals surface area contributed by atoms with Gasteiger partial charge in [-0.05, 0) is 38.0 Å². The summed E-state index contributed by atoms with van der Waals surface area (Å²) in [6.45, 7) is 4.32. The molecule has 0 radical (unpaired) electrons. The number of hydrogen-bond acceptors (Lipinski definition) is 3. The fourth-order valence-corrected chi connectivity index (χ4v) is 2.63. The summed E-state index contributed by atoms with van der Waals surface area (Å²) in [5, 5.41) is 9.23. The van der Waals surface area contributed by atoms with Crippen LogP contribution in [-0.4, -0.2) is 42.1 Å². The summed E-state index contributed by atoms with van der Waals surface area (Å²) in [5.41, 5.74) is 0.0830. The first kappa shape index (κ1) is 15.4. The van der Waals surface area contributed by atoms with Crippen molar-refractivity contribution in [3.05, 3.63) is 29.8 Å². The highest BCUT2D eigenvalue weighted by molar-refractivity contribution is 5.85. The fourth-order valence-electron chi connectivity index (χ4n) is 2.63. The predicted molar refractivity (Wildman–Crippen MR) is 78.3 cm³/mol. The number of nitrogens with zero attached hydrogens (tertiary/aromatic N) is 1. The van der Waals surface area contributed by atoms with E-state index in [1.807, 2.05) is 31.2 Å². The molecule has 1 saturated heterocycles. The Hall–Kier alpha value is -2.04. The Balaban J connectivity index is 2.07.